The van der Waals surface area contributed by atoms with E-state index in [1.807, 2.05) is 4.98 Å². The number of ether oxygens (including phenoxy) is 1. The van der Waals surface area contributed by atoms with E-state index in [1.165, 1.54) is 0 Å². The van der Waals surface area contributed by atoms with Crippen molar-refractivity contribution in [3.63, 3.8) is 0 Å². The first-order valence-corrected chi connectivity index (χ1v) is 4.62. The Morgan fingerprint density at radius 3 is 2.67 bits per heavy atom. The highest BCUT2D eigenvalue weighted by molar-refractivity contribution is 5.71. The van der Waals surface area contributed by atoms with E-state index in [4.69, 9.17) is 0 Å². The molecule has 0 saturated carbocycles. The number of nitro groups is 1. The van der Waals surface area contributed by atoms with E-state index in [9.17, 15) is 28.5 Å². The summed E-state index contributed by atoms with van der Waals surface area (Å²) in [5.41, 5.74) is -3.70. The number of alkyl halides is 2. The van der Waals surface area contributed by atoms with Crippen molar-refractivity contribution in [1.29, 1.82) is 0 Å². The van der Waals surface area contributed by atoms with Gasteiger partial charge in [-0.25, -0.2) is 8.78 Å². The van der Waals surface area contributed by atoms with Crippen molar-refractivity contribution in [2.24, 2.45) is 0 Å². The summed E-state index contributed by atoms with van der Waals surface area (Å²) in [5, 5.41) is 10.5. The van der Waals surface area contributed by atoms with Gasteiger partial charge in [0.2, 0.25) is 0 Å². The summed E-state index contributed by atoms with van der Waals surface area (Å²) in [6.45, 7) is 0. The first-order chi connectivity index (χ1) is 8.36. The third-order valence-corrected chi connectivity index (χ3v) is 2.05. The smallest absolute Gasteiger partial charge is 0.341 e. The molecule has 1 aromatic rings. The lowest BCUT2D eigenvalue weighted by Crippen LogP contribution is -2.17. The Hall–Kier alpha value is -2.32. The number of carbonyl (C=O) groups is 1. The van der Waals surface area contributed by atoms with Crippen LogP contribution >= 0.6 is 0 Å². The minimum Gasteiger partial charge on any atom is -0.469 e. The van der Waals surface area contributed by atoms with Crippen molar-refractivity contribution in [1.82, 2.24) is 4.98 Å². The number of nitrogens with zero attached hydrogens (tertiary/aromatic N) is 1. The second-order valence-electron chi connectivity index (χ2n) is 3.23. The average Bonchev–Trinajstić information content (AvgIpc) is 2.27. The Labute approximate surface area is 98.5 Å². The molecule has 0 aliphatic heterocycles. The van der Waals surface area contributed by atoms with Crippen LogP contribution in [0, 0.1) is 10.1 Å². The Kier molecular flexibility index (Phi) is 4.08. The molecule has 0 amide bonds. The molecule has 0 fully saturated rings. The second kappa shape index (κ2) is 5.34. The molecule has 1 rings (SSSR count). The zero-order valence-electron chi connectivity index (χ0n) is 9.11. The van der Waals surface area contributed by atoms with Gasteiger partial charge < -0.3 is 9.72 Å². The number of H-pyrrole nitrogens is 1. The molecule has 0 aliphatic rings. The van der Waals surface area contributed by atoms with Crippen LogP contribution in [0.4, 0.5) is 14.5 Å². The third kappa shape index (κ3) is 2.87. The summed E-state index contributed by atoms with van der Waals surface area (Å²) < 4.78 is 29.4. The van der Waals surface area contributed by atoms with E-state index in [0.717, 1.165) is 13.2 Å². The highest BCUT2D eigenvalue weighted by atomic mass is 19.3. The van der Waals surface area contributed by atoms with Crippen LogP contribution in [0.5, 0.6) is 0 Å². The largest absolute Gasteiger partial charge is 0.469 e. The fraction of sp³-hybridized carbons (Fsp3) is 0.333. The van der Waals surface area contributed by atoms with Gasteiger partial charge in [0.1, 0.15) is 0 Å². The van der Waals surface area contributed by atoms with Crippen molar-refractivity contribution in [3.8, 4) is 0 Å². The molecule has 0 aliphatic carbocycles. The van der Waals surface area contributed by atoms with Crippen LogP contribution < -0.4 is 5.43 Å². The average molecular weight is 262 g/mol. The minimum absolute atomic E-state index is 0.173. The molecule has 0 atom stereocenters. The lowest BCUT2D eigenvalue weighted by molar-refractivity contribution is -0.387. The molecule has 7 nitrogen and oxygen atoms in total. The van der Waals surface area contributed by atoms with E-state index >= 15 is 0 Å². The molecular formula is C9H8F2N2O5. The van der Waals surface area contributed by atoms with Crippen LogP contribution in [-0.2, 0) is 16.0 Å². The summed E-state index contributed by atoms with van der Waals surface area (Å²) in [6, 6.07) is 0.723. The molecule has 18 heavy (non-hydrogen) atoms. The quantitative estimate of drug-likeness (QED) is 0.494. The number of pyridine rings is 1. The lowest BCUT2D eigenvalue weighted by Gasteiger charge is -2.05. The molecule has 0 bridgehead atoms. The zero-order valence-corrected chi connectivity index (χ0v) is 9.11. The first-order valence-electron chi connectivity index (χ1n) is 4.62. The van der Waals surface area contributed by atoms with Gasteiger partial charge in [0.15, 0.2) is 5.69 Å². The van der Waals surface area contributed by atoms with Gasteiger partial charge >= 0.3 is 11.7 Å². The summed E-state index contributed by atoms with van der Waals surface area (Å²) >= 11 is 0. The molecule has 1 heterocycles. The van der Waals surface area contributed by atoms with Gasteiger partial charge in [0, 0.05) is 11.8 Å². The van der Waals surface area contributed by atoms with Gasteiger partial charge in [-0.3, -0.25) is 19.7 Å². The van der Waals surface area contributed by atoms with Crippen LogP contribution in [0.15, 0.2) is 10.9 Å². The van der Waals surface area contributed by atoms with Crippen molar-refractivity contribution in [3.05, 3.63) is 37.8 Å². The molecule has 0 radical (unpaired) electrons. The van der Waals surface area contributed by atoms with Crippen LogP contribution in [-0.4, -0.2) is 23.0 Å². The Morgan fingerprint density at radius 2 is 2.22 bits per heavy atom. The van der Waals surface area contributed by atoms with Crippen molar-refractivity contribution in [2.75, 3.05) is 7.11 Å². The summed E-state index contributed by atoms with van der Waals surface area (Å²) in [7, 11) is 1.08. The van der Waals surface area contributed by atoms with Gasteiger partial charge in [-0.2, -0.15) is 0 Å². The van der Waals surface area contributed by atoms with Gasteiger partial charge in [0.05, 0.1) is 18.5 Å². The maximum atomic E-state index is 12.6. The van der Waals surface area contributed by atoms with Gasteiger partial charge in [-0.1, -0.05) is 0 Å². The molecule has 0 saturated heterocycles. The molecule has 0 aromatic carbocycles. The summed E-state index contributed by atoms with van der Waals surface area (Å²) in [5.74, 6) is -0.764. The fourth-order valence-electron chi connectivity index (χ4n) is 1.30. The van der Waals surface area contributed by atoms with Crippen LogP contribution in [0.2, 0.25) is 0 Å². The Morgan fingerprint density at radius 1 is 1.61 bits per heavy atom. The number of hydrogen-bond donors (Lipinski definition) is 1. The maximum Gasteiger partial charge on any atom is 0.341 e. The van der Waals surface area contributed by atoms with Gasteiger partial charge in [-0.15, -0.1) is 0 Å². The predicted octanol–water partition coefficient (Wildman–Crippen LogP) is 0.936. The number of carbonyl (C=O) groups excluding carboxylic acids is 1. The highest BCUT2D eigenvalue weighted by Crippen LogP contribution is 2.24. The zero-order chi connectivity index (χ0) is 13.9. The van der Waals surface area contributed by atoms with E-state index in [-0.39, 0.29) is 5.69 Å². The SMILES string of the molecule is COC(=O)Cc1cc(=O)c([N+](=O)[O-])c(C(F)F)[nH]1. The van der Waals surface area contributed by atoms with E-state index in [1.54, 1.807) is 0 Å². The monoisotopic (exact) mass is 262 g/mol. The molecule has 0 unspecified atom stereocenters. The van der Waals surface area contributed by atoms with Crippen molar-refractivity contribution < 1.29 is 23.2 Å². The Balaban J connectivity index is 3.32. The molecular weight excluding hydrogens is 254 g/mol. The molecule has 1 N–H and O–H groups in total. The standard InChI is InChI=1S/C9H8F2N2O5/c1-18-6(15)3-4-2-5(14)8(13(16)17)7(12-4)9(10)11/h2,9H,3H2,1H3,(H,12,14). The number of rotatable bonds is 4. The van der Waals surface area contributed by atoms with Gasteiger partial charge in [-0.05, 0) is 0 Å². The number of methoxy groups -OCH3 is 1. The van der Waals surface area contributed by atoms with Crippen molar-refractivity contribution in [2.45, 2.75) is 12.8 Å². The van der Waals surface area contributed by atoms with Crippen molar-refractivity contribution >= 4 is 11.7 Å². The van der Waals surface area contributed by atoms with Gasteiger partial charge in [0.25, 0.3) is 11.9 Å². The Bertz CT molecular complexity index is 540. The topological polar surface area (TPSA) is 102 Å². The van der Waals surface area contributed by atoms with E-state index < -0.39 is 40.5 Å². The first kappa shape index (κ1) is 13.7. The minimum atomic E-state index is -3.23. The van der Waals surface area contributed by atoms with E-state index in [2.05, 4.69) is 4.74 Å². The van der Waals surface area contributed by atoms with Crippen LogP contribution in [0.25, 0.3) is 0 Å². The van der Waals surface area contributed by atoms with Crippen LogP contribution in [0.3, 0.4) is 0 Å². The second-order valence-corrected chi connectivity index (χ2v) is 3.23. The number of aromatic amines is 1. The lowest BCUT2D eigenvalue weighted by atomic mass is 10.2. The predicted molar refractivity (Wildman–Crippen MR) is 54.4 cm³/mol. The maximum absolute atomic E-state index is 12.6. The fourth-order valence-corrected chi connectivity index (χ4v) is 1.30. The number of esters is 1. The number of hydrogen-bond acceptors (Lipinski definition) is 5. The number of nitrogens with one attached hydrogen (secondary N) is 1. The number of aromatic nitrogens is 1. The van der Waals surface area contributed by atoms with E-state index in [0.29, 0.717) is 0 Å². The third-order valence-electron chi connectivity index (χ3n) is 2.05. The molecule has 0 spiro atoms. The molecule has 98 valence electrons. The number of halogens is 2. The summed E-state index contributed by atoms with van der Waals surface area (Å²) in [4.78, 5) is 33.6. The molecule has 9 heteroatoms. The molecule has 1 aromatic heterocycles. The highest BCUT2D eigenvalue weighted by Gasteiger charge is 2.27. The normalized spacial score (nSPS) is 10.4. The van der Waals surface area contributed by atoms with Crippen LogP contribution in [0.1, 0.15) is 17.8 Å². The summed E-state index contributed by atoms with van der Waals surface area (Å²) in [6.07, 6.45) is -3.68.